The summed E-state index contributed by atoms with van der Waals surface area (Å²) in [7, 11) is -0.479. The molecule has 112 valence electrons. The van der Waals surface area contributed by atoms with Crippen LogP contribution in [-0.2, 0) is 19.5 Å². The van der Waals surface area contributed by atoms with Crippen molar-refractivity contribution in [2.45, 2.75) is 17.1 Å². The summed E-state index contributed by atoms with van der Waals surface area (Å²) in [6.45, 7) is 1.27. The normalized spacial score (nSPS) is 23.2. The molecule has 1 fully saturated rings. The van der Waals surface area contributed by atoms with Gasteiger partial charge in [-0.3, -0.25) is 0 Å². The summed E-state index contributed by atoms with van der Waals surface area (Å²) in [4.78, 5) is 2.01. The molecule has 2 unspecified atom stereocenters. The van der Waals surface area contributed by atoms with E-state index in [9.17, 15) is 8.42 Å². The van der Waals surface area contributed by atoms with Crippen molar-refractivity contribution in [3.05, 3.63) is 18.2 Å². The second-order valence-electron chi connectivity index (χ2n) is 4.72. The summed E-state index contributed by atoms with van der Waals surface area (Å²) in [6.07, 6.45) is -0.0883. The standard InChI is InChI=1S/C12H19N3O4S/c1-18-11-6-15(7-12(11)19-2)10-4-3-8(5-9(10)13)20(14,16)17/h3-5,11-12H,6-7,13H2,1-2H3,(H2,14,16,17). The summed E-state index contributed by atoms with van der Waals surface area (Å²) in [5.74, 6) is 0. The summed E-state index contributed by atoms with van der Waals surface area (Å²) in [5, 5.41) is 5.08. The molecule has 0 spiro atoms. The SMILES string of the molecule is COC1CN(c2ccc(S(N)(=O)=O)cc2N)CC1OC. The number of methoxy groups -OCH3 is 2. The first-order valence-corrected chi connectivity index (χ1v) is 7.64. The molecule has 0 bridgehead atoms. The monoisotopic (exact) mass is 301 g/mol. The van der Waals surface area contributed by atoms with Crippen molar-refractivity contribution < 1.29 is 17.9 Å². The molecule has 1 aliphatic rings. The third-order valence-electron chi connectivity index (χ3n) is 3.49. The minimum absolute atomic E-state index is 0.00419. The van der Waals surface area contributed by atoms with Gasteiger partial charge >= 0.3 is 0 Å². The van der Waals surface area contributed by atoms with E-state index in [0.29, 0.717) is 18.8 Å². The van der Waals surface area contributed by atoms with Crippen LogP contribution < -0.4 is 15.8 Å². The van der Waals surface area contributed by atoms with Crippen molar-refractivity contribution in [2.24, 2.45) is 5.14 Å². The molecule has 7 nitrogen and oxygen atoms in total. The van der Waals surface area contributed by atoms with Gasteiger partial charge in [-0.25, -0.2) is 13.6 Å². The molecule has 1 saturated heterocycles. The highest BCUT2D eigenvalue weighted by Gasteiger charge is 2.33. The fourth-order valence-corrected chi connectivity index (χ4v) is 2.94. The fourth-order valence-electron chi connectivity index (χ4n) is 2.39. The molecule has 2 atom stereocenters. The lowest BCUT2D eigenvalue weighted by Gasteiger charge is -2.20. The summed E-state index contributed by atoms with van der Waals surface area (Å²) < 4.78 is 33.3. The molecule has 1 heterocycles. The van der Waals surface area contributed by atoms with Gasteiger partial charge in [-0.05, 0) is 18.2 Å². The number of benzene rings is 1. The van der Waals surface area contributed by atoms with E-state index in [4.69, 9.17) is 20.3 Å². The lowest BCUT2D eigenvalue weighted by molar-refractivity contribution is -0.00461. The van der Waals surface area contributed by atoms with E-state index in [1.54, 1.807) is 20.3 Å². The molecule has 0 radical (unpaired) electrons. The molecule has 1 aromatic rings. The average Bonchev–Trinajstić information content (AvgIpc) is 2.80. The van der Waals surface area contributed by atoms with Gasteiger partial charge in [0.05, 0.1) is 16.3 Å². The topological polar surface area (TPSA) is 108 Å². The Morgan fingerprint density at radius 2 is 1.75 bits per heavy atom. The van der Waals surface area contributed by atoms with Gasteiger partial charge in [-0.1, -0.05) is 0 Å². The molecular formula is C12H19N3O4S. The summed E-state index contributed by atoms with van der Waals surface area (Å²) in [6, 6.07) is 4.47. The van der Waals surface area contributed by atoms with E-state index in [2.05, 4.69) is 0 Å². The molecule has 2 rings (SSSR count). The lowest BCUT2D eigenvalue weighted by atomic mass is 10.2. The van der Waals surface area contributed by atoms with Gasteiger partial charge in [0.15, 0.2) is 0 Å². The number of rotatable bonds is 4. The van der Waals surface area contributed by atoms with Crippen LogP contribution in [0.15, 0.2) is 23.1 Å². The van der Waals surface area contributed by atoms with Crippen LogP contribution in [0, 0.1) is 0 Å². The molecule has 0 aliphatic carbocycles. The number of nitrogens with two attached hydrogens (primary N) is 2. The Labute approximate surface area is 118 Å². The van der Waals surface area contributed by atoms with Gasteiger partial charge in [0, 0.05) is 27.3 Å². The minimum atomic E-state index is -3.74. The van der Waals surface area contributed by atoms with Gasteiger partial charge in [0.25, 0.3) is 0 Å². The Morgan fingerprint density at radius 1 is 1.20 bits per heavy atom. The first-order valence-electron chi connectivity index (χ1n) is 6.09. The van der Waals surface area contributed by atoms with Crippen molar-refractivity contribution in [2.75, 3.05) is 37.9 Å². The maximum atomic E-state index is 11.3. The number of anilines is 2. The van der Waals surface area contributed by atoms with Crippen LogP contribution in [0.5, 0.6) is 0 Å². The van der Waals surface area contributed by atoms with E-state index < -0.39 is 10.0 Å². The average molecular weight is 301 g/mol. The van der Waals surface area contributed by atoms with Gasteiger partial charge < -0.3 is 20.1 Å². The molecule has 1 aromatic carbocycles. The molecule has 0 aromatic heterocycles. The highest BCUT2D eigenvalue weighted by atomic mass is 32.2. The van der Waals surface area contributed by atoms with Gasteiger partial charge in [-0.2, -0.15) is 0 Å². The van der Waals surface area contributed by atoms with Crippen molar-refractivity contribution in [3.8, 4) is 0 Å². The lowest BCUT2D eigenvalue weighted by Crippen LogP contribution is -2.27. The van der Waals surface area contributed by atoms with Crippen LogP contribution in [0.25, 0.3) is 0 Å². The van der Waals surface area contributed by atoms with Crippen LogP contribution in [0.4, 0.5) is 11.4 Å². The fraction of sp³-hybridized carbons (Fsp3) is 0.500. The maximum absolute atomic E-state index is 11.3. The molecule has 1 aliphatic heterocycles. The zero-order valence-corrected chi connectivity index (χ0v) is 12.3. The number of hydrogen-bond acceptors (Lipinski definition) is 6. The molecule has 0 amide bonds. The Balaban J connectivity index is 2.27. The second kappa shape index (κ2) is 5.57. The van der Waals surface area contributed by atoms with Crippen molar-refractivity contribution in [1.29, 1.82) is 0 Å². The summed E-state index contributed by atoms with van der Waals surface area (Å²) >= 11 is 0. The predicted octanol–water partition coefficient (Wildman–Crippen LogP) is -0.234. The summed E-state index contributed by atoms with van der Waals surface area (Å²) in [5.41, 5.74) is 7.04. The molecular weight excluding hydrogens is 282 g/mol. The van der Waals surface area contributed by atoms with Crippen molar-refractivity contribution in [1.82, 2.24) is 0 Å². The van der Waals surface area contributed by atoms with E-state index in [0.717, 1.165) is 5.69 Å². The largest absolute Gasteiger partial charge is 0.397 e. The van der Waals surface area contributed by atoms with Crippen LogP contribution in [0.3, 0.4) is 0 Å². The Hall–Kier alpha value is -1.35. The minimum Gasteiger partial charge on any atom is -0.397 e. The van der Waals surface area contributed by atoms with Gasteiger partial charge in [0.1, 0.15) is 12.2 Å². The second-order valence-corrected chi connectivity index (χ2v) is 6.28. The predicted molar refractivity (Wildman–Crippen MR) is 76.0 cm³/mol. The number of primary sulfonamides is 1. The van der Waals surface area contributed by atoms with Crippen LogP contribution in [0.1, 0.15) is 0 Å². The number of nitrogen functional groups attached to an aromatic ring is 1. The van der Waals surface area contributed by atoms with E-state index in [-0.39, 0.29) is 17.1 Å². The van der Waals surface area contributed by atoms with Crippen LogP contribution >= 0.6 is 0 Å². The number of hydrogen-bond donors (Lipinski definition) is 2. The zero-order valence-electron chi connectivity index (χ0n) is 11.4. The molecule has 4 N–H and O–H groups in total. The highest BCUT2D eigenvalue weighted by Crippen LogP contribution is 2.30. The van der Waals surface area contributed by atoms with E-state index >= 15 is 0 Å². The van der Waals surface area contributed by atoms with Crippen LogP contribution in [0.2, 0.25) is 0 Å². The Morgan fingerprint density at radius 3 is 2.15 bits per heavy atom. The van der Waals surface area contributed by atoms with Crippen molar-refractivity contribution >= 4 is 21.4 Å². The number of nitrogens with zero attached hydrogens (tertiary/aromatic N) is 1. The van der Waals surface area contributed by atoms with Crippen LogP contribution in [-0.4, -0.2) is 47.9 Å². The Kier molecular flexibility index (Phi) is 4.19. The first-order chi connectivity index (χ1) is 9.36. The maximum Gasteiger partial charge on any atom is 0.238 e. The highest BCUT2D eigenvalue weighted by molar-refractivity contribution is 7.89. The molecule has 20 heavy (non-hydrogen) atoms. The molecule has 8 heteroatoms. The van der Waals surface area contributed by atoms with E-state index in [1.807, 2.05) is 4.90 Å². The van der Waals surface area contributed by atoms with E-state index in [1.165, 1.54) is 12.1 Å². The number of ether oxygens (including phenoxy) is 2. The van der Waals surface area contributed by atoms with Gasteiger partial charge in [-0.15, -0.1) is 0 Å². The third kappa shape index (κ3) is 2.88. The zero-order chi connectivity index (χ0) is 14.9. The quantitative estimate of drug-likeness (QED) is 0.744. The molecule has 0 saturated carbocycles. The Bertz CT molecular complexity index is 578. The van der Waals surface area contributed by atoms with Crippen molar-refractivity contribution in [3.63, 3.8) is 0 Å². The number of sulfonamides is 1. The first kappa shape index (κ1) is 15.0. The van der Waals surface area contributed by atoms with Gasteiger partial charge in [0.2, 0.25) is 10.0 Å². The third-order valence-corrected chi connectivity index (χ3v) is 4.40. The smallest absolute Gasteiger partial charge is 0.238 e.